The number of hydrogen-bond acceptors (Lipinski definition) is 6. The highest BCUT2D eigenvalue weighted by Crippen LogP contribution is 2.47. The molecule has 3 fully saturated rings. The van der Waals surface area contributed by atoms with Gasteiger partial charge < -0.3 is 19.8 Å². The highest BCUT2D eigenvalue weighted by atomic mass is 19.1. The average molecular weight is 447 g/mol. The van der Waals surface area contributed by atoms with Gasteiger partial charge in [-0.05, 0) is 55.7 Å². The number of aromatic nitrogens is 4. The number of fused-ring (bicyclic) bond motifs is 4. The van der Waals surface area contributed by atoms with Crippen LogP contribution >= 0.6 is 0 Å². The standard InChI is InChI=1S/C24H22FN5O3/c25-20-14(18-2-1-7-33-18)8-17(15-10-27-22-16(15)9-26-11-28-22)29-23(20)30-21-13-5-3-12(4-6-13)19(21)24(31)32/h1-2,7-13,19,21H,3-6H2,(H,29,30)(H,31,32)(H,26,27,28). The zero-order valence-corrected chi connectivity index (χ0v) is 17.7. The van der Waals surface area contributed by atoms with Gasteiger partial charge >= 0.3 is 5.97 Å². The highest BCUT2D eigenvalue weighted by molar-refractivity contribution is 5.93. The van der Waals surface area contributed by atoms with Gasteiger partial charge in [0.2, 0.25) is 0 Å². The van der Waals surface area contributed by atoms with E-state index in [-0.39, 0.29) is 29.3 Å². The molecule has 0 saturated heterocycles. The van der Waals surface area contributed by atoms with E-state index in [2.05, 4.69) is 25.3 Å². The minimum atomic E-state index is -0.835. The molecule has 3 aliphatic carbocycles. The van der Waals surface area contributed by atoms with E-state index in [0.29, 0.717) is 17.1 Å². The second-order valence-electron chi connectivity index (χ2n) is 8.89. The van der Waals surface area contributed by atoms with Crippen LogP contribution in [-0.4, -0.2) is 37.1 Å². The van der Waals surface area contributed by atoms with Crippen molar-refractivity contribution in [1.29, 1.82) is 0 Å². The number of halogens is 1. The third-order valence-electron chi connectivity index (χ3n) is 7.18. The van der Waals surface area contributed by atoms with Crippen molar-refractivity contribution in [3.8, 4) is 22.6 Å². The number of nitrogens with one attached hydrogen (secondary N) is 2. The van der Waals surface area contributed by atoms with Crippen molar-refractivity contribution in [3.63, 3.8) is 0 Å². The predicted octanol–water partition coefficient (Wildman–Crippen LogP) is 4.72. The fraction of sp³-hybridized carbons (Fsp3) is 0.333. The monoisotopic (exact) mass is 447 g/mol. The molecule has 7 rings (SSSR count). The molecule has 0 aliphatic heterocycles. The van der Waals surface area contributed by atoms with E-state index in [4.69, 9.17) is 4.42 Å². The molecule has 168 valence electrons. The van der Waals surface area contributed by atoms with E-state index >= 15 is 4.39 Å². The van der Waals surface area contributed by atoms with Crippen LogP contribution in [0.1, 0.15) is 25.7 Å². The molecule has 4 heterocycles. The lowest BCUT2D eigenvalue weighted by Gasteiger charge is -2.47. The molecule has 4 aromatic rings. The number of nitrogens with zero attached hydrogens (tertiary/aromatic N) is 3. The molecule has 3 saturated carbocycles. The molecule has 9 heteroatoms. The molecular weight excluding hydrogens is 425 g/mol. The quantitative estimate of drug-likeness (QED) is 0.405. The van der Waals surface area contributed by atoms with Crippen LogP contribution in [0.15, 0.2) is 47.6 Å². The van der Waals surface area contributed by atoms with Crippen molar-refractivity contribution in [3.05, 3.63) is 49.0 Å². The topological polar surface area (TPSA) is 117 Å². The van der Waals surface area contributed by atoms with E-state index in [9.17, 15) is 9.90 Å². The lowest BCUT2D eigenvalue weighted by Crippen LogP contribution is -2.51. The Morgan fingerprint density at radius 1 is 1.21 bits per heavy atom. The maximum absolute atomic E-state index is 15.7. The summed E-state index contributed by atoms with van der Waals surface area (Å²) in [6.45, 7) is 0. The molecule has 3 aliphatic rings. The lowest BCUT2D eigenvalue weighted by atomic mass is 9.61. The van der Waals surface area contributed by atoms with Crippen molar-refractivity contribution >= 4 is 22.8 Å². The second-order valence-corrected chi connectivity index (χ2v) is 8.89. The van der Waals surface area contributed by atoms with Crippen LogP contribution in [0.5, 0.6) is 0 Å². The summed E-state index contributed by atoms with van der Waals surface area (Å²) in [7, 11) is 0. The smallest absolute Gasteiger partial charge is 0.308 e. The molecule has 4 aromatic heterocycles. The summed E-state index contributed by atoms with van der Waals surface area (Å²) >= 11 is 0. The first kappa shape index (κ1) is 19.9. The van der Waals surface area contributed by atoms with Gasteiger partial charge in [0.15, 0.2) is 11.6 Å². The Morgan fingerprint density at radius 3 is 2.79 bits per heavy atom. The van der Waals surface area contributed by atoms with Gasteiger partial charge in [0.1, 0.15) is 17.7 Å². The van der Waals surface area contributed by atoms with Crippen molar-refractivity contribution in [2.45, 2.75) is 31.7 Å². The van der Waals surface area contributed by atoms with E-state index in [1.54, 1.807) is 30.6 Å². The number of rotatable bonds is 5. The molecule has 0 aromatic carbocycles. The van der Waals surface area contributed by atoms with Gasteiger partial charge in [-0.2, -0.15) is 0 Å². The van der Waals surface area contributed by atoms with E-state index in [1.165, 1.54) is 12.6 Å². The van der Waals surface area contributed by atoms with Crippen molar-refractivity contribution in [1.82, 2.24) is 19.9 Å². The first-order chi connectivity index (χ1) is 16.1. The zero-order valence-electron chi connectivity index (χ0n) is 17.7. The number of H-pyrrole nitrogens is 1. The number of aliphatic carboxylic acids is 1. The Labute approximate surface area is 188 Å². The average Bonchev–Trinajstić information content (AvgIpc) is 3.51. The summed E-state index contributed by atoms with van der Waals surface area (Å²) in [5.74, 6) is -1.27. The maximum atomic E-state index is 15.7. The van der Waals surface area contributed by atoms with Crippen molar-refractivity contribution < 1.29 is 18.7 Å². The maximum Gasteiger partial charge on any atom is 0.308 e. The van der Waals surface area contributed by atoms with Crippen LogP contribution in [0.2, 0.25) is 0 Å². The number of anilines is 1. The molecule has 33 heavy (non-hydrogen) atoms. The minimum absolute atomic E-state index is 0.0360. The van der Waals surface area contributed by atoms with Gasteiger partial charge in [-0.15, -0.1) is 0 Å². The first-order valence-electron chi connectivity index (χ1n) is 11.1. The number of furan rings is 1. The molecule has 3 N–H and O–H groups in total. The van der Waals surface area contributed by atoms with Gasteiger partial charge in [-0.25, -0.2) is 19.3 Å². The fourth-order valence-corrected chi connectivity index (χ4v) is 5.62. The number of carboxylic acids is 1. The van der Waals surface area contributed by atoms with Crippen LogP contribution < -0.4 is 5.32 Å². The highest BCUT2D eigenvalue weighted by Gasteiger charge is 2.47. The Balaban J connectivity index is 1.48. The van der Waals surface area contributed by atoms with Gasteiger partial charge in [0.25, 0.3) is 0 Å². The van der Waals surface area contributed by atoms with Crippen LogP contribution in [0.25, 0.3) is 33.6 Å². The number of aromatic amines is 1. The molecule has 8 nitrogen and oxygen atoms in total. The third kappa shape index (κ3) is 3.26. The van der Waals surface area contributed by atoms with Crippen LogP contribution in [0, 0.1) is 23.6 Å². The summed E-state index contributed by atoms with van der Waals surface area (Å²) in [5.41, 5.74) is 2.14. The van der Waals surface area contributed by atoms with Crippen LogP contribution in [0.4, 0.5) is 10.2 Å². The molecule has 2 unspecified atom stereocenters. The van der Waals surface area contributed by atoms with Gasteiger partial charge in [0, 0.05) is 29.4 Å². The molecule has 0 amide bonds. The van der Waals surface area contributed by atoms with Crippen molar-refractivity contribution in [2.24, 2.45) is 17.8 Å². The van der Waals surface area contributed by atoms with Crippen molar-refractivity contribution in [2.75, 3.05) is 5.32 Å². The van der Waals surface area contributed by atoms with Crippen LogP contribution in [0.3, 0.4) is 0 Å². The van der Waals surface area contributed by atoms with Gasteiger partial charge in [0.05, 0.1) is 23.4 Å². The normalized spacial score (nSPS) is 24.3. The summed E-state index contributed by atoms with van der Waals surface area (Å²) in [5, 5.41) is 13.9. The third-order valence-corrected chi connectivity index (χ3v) is 7.18. The minimum Gasteiger partial charge on any atom is -0.481 e. The molecule has 0 spiro atoms. The zero-order chi connectivity index (χ0) is 22.5. The van der Waals surface area contributed by atoms with Gasteiger partial charge in [-0.3, -0.25) is 4.79 Å². The summed E-state index contributed by atoms with van der Waals surface area (Å²) in [6.07, 6.45) is 10.1. The molecule has 2 bridgehead atoms. The number of pyridine rings is 1. The Kier molecular flexibility index (Phi) is 4.63. The molecule has 2 atom stereocenters. The second kappa shape index (κ2) is 7.68. The summed E-state index contributed by atoms with van der Waals surface area (Å²) in [4.78, 5) is 28.1. The lowest BCUT2D eigenvalue weighted by molar-refractivity contribution is -0.148. The molecule has 0 radical (unpaired) electrons. The molecular formula is C24H22FN5O3. The number of carbonyl (C=O) groups is 1. The van der Waals surface area contributed by atoms with E-state index < -0.39 is 17.7 Å². The number of hydrogen-bond donors (Lipinski definition) is 3. The SMILES string of the molecule is O=C(O)C1C2CCC(CC2)C1Nc1nc(-c2c[nH]c3ncncc23)cc(-c2ccco2)c1F. The predicted molar refractivity (Wildman–Crippen MR) is 119 cm³/mol. The fourth-order valence-electron chi connectivity index (χ4n) is 5.62. The van der Waals surface area contributed by atoms with Crippen LogP contribution in [-0.2, 0) is 4.79 Å². The summed E-state index contributed by atoms with van der Waals surface area (Å²) < 4.78 is 21.2. The largest absolute Gasteiger partial charge is 0.481 e. The Hall–Kier alpha value is -3.75. The van der Waals surface area contributed by atoms with E-state index in [0.717, 1.165) is 36.6 Å². The van der Waals surface area contributed by atoms with E-state index in [1.807, 2.05) is 0 Å². The number of carboxylic acid groups (broad SMARTS) is 1. The Morgan fingerprint density at radius 2 is 2.03 bits per heavy atom. The van der Waals surface area contributed by atoms with Gasteiger partial charge in [-0.1, -0.05) is 0 Å². The Bertz CT molecular complexity index is 1330. The summed E-state index contributed by atoms with van der Waals surface area (Å²) in [6, 6.07) is 4.65. The first-order valence-corrected chi connectivity index (χ1v) is 11.1.